The predicted octanol–water partition coefficient (Wildman–Crippen LogP) is 2.88. The predicted molar refractivity (Wildman–Crippen MR) is 84.1 cm³/mol. The summed E-state index contributed by atoms with van der Waals surface area (Å²) in [5.74, 6) is 1.54. The average Bonchev–Trinajstić information content (AvgIpc) is 2.59. The molecule has 1 amide bonds. The highest BCUT2D eigenvalue weighted by molar-refractivity contribution is 5.84. The third-order valence-electron chi connectivity index (χ3n) is 3.90. The van der Waals surface area contributed by atoms with Crippen LogP contribution in [0, 0.1) is 0 Å². The van der Waals surface area contributed by atoms with Crippen molar-refractivity contribution in [3.63, 3.8) is 0 Å². The molecule has 2 aromatic carbocycles. The SMILES string of the molecule is COc1ccc(CNC(=O)C2CCOc3ccccc32)cc1. The molecule has 2 aromatic rings. The van der Waals surface area contributed by atoms with Crippen LogP contribution < -0.4 is 14.8 Å². The van der Waals surface area contributed by atoms with Gasteiger partial charge >= 0.3 is 0 Å². The third kappa shape index (κ3) is 3.06. The Bertz CT molecular complexity index is 652. The van der Waals surface area contributed by atoms with E-state index < -0.39 is 0 Å². The fourth-order valence-corrected chi connectivity index (χ4v) is 2.67. The maximum atomic E-state index is 12.5. The van der Waals surface area contributed by atoms with Crippen molar-refractivity contribution in [3.05, 3.63) is 59.7 Å². The van der Waals surface area contributed by atoms with Crippen molar-refractivity contribution in [3.8, 4) is 11.5 Å². The summed E-state index contributed by atoms with van der Waals surface area (Å²) in [7, 11) is 1.64. The smallest absolute Gasteiger partial charge is 0.228 e. The van der Waals surface area contributed by atoms with Gasteiger partial charge in [-0.05, 0) is 30.2 Å². The van der Waals surface area contributed by atoms with Crippen LogP contribution in [0.3, 0.4) is 0 Å². The molecule has 4 heteroatoms. The van der Waals surface area contributed by atoms with E-state index in [0.29, 0.717) is 19.6 Å². The molecular weight excluding hydrogens is 278 g/mol. The van der Waals surface area contributed by atoms with Gasteiger partial charge in [0.2, 0.25) is 5.91 Å². The summed E-state index contributed by atoms with van der Waals surface area (Å²) in [5.41, 5.74) is 2.02. The number of methoxy groups -OCH3 is 1. The van der Waals surface area contributed by atoms with E-state index in [-0.39, 0.29) is 11.8 Å². The molecule has 0 saturated heterocycles. The average molecular weight is 297 g/mol. The first-order valence-electron chi connectivity index (χ1n) is 7.40. The minimum Gasteiger partial charge on any atom is -0.497 e. The van der Waals surface area contributed by atoms with Crippen molar-refractivity contribution >= 4 is 5.91 Å². The summed E-state index contributed by atoms with van der Waals surface area (Å²) in [4.78, 5) is 12.5. The summed E-state index contributed by atoms with van der Waals surface area (Å²) in [5, 5.41) is 3.01. The van der Waals surface area contributed by atoms with Gasteiger partial charge < -0.3 is 14.8 Å². The summed E-state index contributed by atoms with van der Waals surface area (Å²) in [6, 6.07) is 15.4. The topological polar surface area (TPSA) is 47.6 Å². The Balaban J connectivity index is 1.65. The Morgan fingerprint density at radius 2 is 2.00 bits per heavy atom. The van der Waals surface area contributed by atoms with Crippen molar-refractivity contribution in [2.75, 3.05) is 13.7 Å². The number of nitrogens with one attached hydrogen (secondary N) is 1. The van der Waals surface area contributed by atoms with E-state index in [2.05, 4.69) is 5.32 Å². The lowest BCUT2D eigenvalue weighted by Gasteiger charge is -2.25. The maximum absolute atomic E-state index is 12.5. The Kier molecular flexibility index (Phi) is 4.28. The Labute approximate surface area is 130 Å². The maximum Gasteiger partial charge on any atom is 0.228 e. The van der Waals surface area contributed by atoms with Crippen LogP contribution in [0.1, 0.15) is 23.5 Å². The van der Waals surface area contributed by atoms with Crippen molar-refractivity contribution in [2.45, 2.75) is 18.9 Å². The van der Waals surface area contributed by atoms with Gasteiger partial charge in [0, 0.05) is 12.1 Å². The monoisotopic (exact) mass is 297 g/mol. The van der Waals surface area contributed by atoms with Gasteiger partial charge in [-0.15, -0.1) is 0 Å². The molecule has 0 aromatic heterocycles. The molecule has 0 bridgehead atoms. The van der Waals surface area contributed by atoms with Crippen LogP contribution in [0.15, 0.2) is 48.5 Å². The molecule has 114 valence electrons. The van der Waals surface area contributed by atoms with Crippen molar-refractivity contribution in [1.29, 1.82) is 0 Å². The molecule has 0 saturated carbocycles. The lowest BCUT2D eigenvalue weighted by atomic mass is 9.92. The molecule has 0 fully saturated rings. The van der Waals surface area contributed by atoms with Crippen molar-refractivity contribution in [1.82, 2.24) is 5.32 Å². The minimum atomic E-state index is -0.136. The first-order chi connectivity index (χ1) is 10.8. The second kappa shape index (κ2) is 6.52. The molecule has 1 aliphatic heterocycles. The van der Waals surface area contributed by atoms with Crippen LogP contribution in [0.2, 0.25) is 0 Å². The number of rotatable bonds is 4. The lowest BCUT2D eigenvalue weighted by molar-refractivity contribution is -0.123. The van der Waals surface area contributed by atoms with E-state index >= 15 is 0 Å². The van der Waals surface area contributed by atoms with Crippen LogP contribution in [0.5, 0.6) is 11.5 Å². The number of carbonyl (C=O) groups excluding carboxylic acids is 1. The molecule has 1 heterocycles. The van der Waals surface area contributed by atoms with Crippen LogP contribution >= 0.6 is 0 Å². The second-order valence-electron chi connectivity index (χ2n) is 5.29. The summed E-state index contributed by atoms with van der Waals surface area (Å²) in [6.45, 7) is 1.10. The van der Waals surface area contributed by atoms with Crippen molar-refractivity contribution < 1.29 is 14.3 Å². The van der Waals surface area contributed by atoms with E-state index in [1.807, 2.05) is 48.5 Å². The van der Waals surface area contributed by atoms with Gasteiger partial charge in [0.1, 0.15) is 11.5 Å². The third-order valence-corrected chi connectivity index (χ3v) is 3.90. The molecule has 1 atom stereocenters. The van der Waals surface area contributed by atoms with Crippen LogP contribution in [-0.4, -0.2) is 19.6 Å². The summed E-state index contributed by atoms with van der Waals surface area (Å²) < 4.78 is 10.7. The molecular formula is C18H19NO3. The number of para-hydroxylation sites is 1. The zero-order valence-electron chi connectivity index (χ0n) is 12.5. The van der Waals surface area contributed by atoms with Gasteiger partial charge in [-0.1, -0.05) is 30.3 Å². The zero-order valence-corrected chi connectivity index (χ0v) is 12.5. The van der Waals surface area contributed by atoms with Crippen LogP contribution in [0.4, 0.5) is 0 Å². The molecule has 0 radical (unpaired) electrons. The van der Waals surface area contributed by atoms with Gasteiger partial charge in [-0.25, -0.2) is 0 Å². The van der Waals surface area contributed by atoms with E-state index in [9.17, 15) is 4.79 Å². The van der Waals surface area contributed by atoms with Crippen molar-refractivity contribution in [2.24, 2.45) is 0 Å². The van der Waals surface area contributed by atoms with Gasteiger partial charge in [0.05, 0.1) is 19.6 Å². The number of fused-ring (bicyclic) bond motifs is 1. The second-order valence-corrected chi connectivity index (χ2v) is 5.29. The molecule has 22 heavy (non-hydrogen) atoms. The fraction of sp³-hybridized carbons (Fsp3) is 0.278. The number of amides is 1. The Morgan fingerprint density at radius 1 is 1.23 bits per heavy atom. The van der Waals surface area contributed by atoms with Crippen LogP contribution in [0.25, 0.3) is 0 Å². The van der Waals surface area contributed by atoms with Gasteiger partial charge in [-0.2, -0.15) is 0 Å². The molecule has 3 rings (SSSR count). The largest absolute Gasteiger partial charge is 0.497 e. The first kappa shape index (κ1) is 14.4. The molecule has 0 spiro atoms. The van der Waals surface area contributed by atoms with Gasteiger partial charge in [0.15, 0.2) is 0 Å². The zero-order chi connectivity index (χ0) is 15.4. The summed E-state index contributed by atoms with van der Waals surface area (Å²) in [6.07, 6.45) is 0.714. The molecule has 1 aliphatic rings. The Morgan fingerprint density at radius 3 is 2.77 bits per heavy atom. The molecule has 4 nitrogen and oxygen atoms in total. The summed E-state index contributed by atoms with van der Waals surface area (Å²) >= 11 is 0. The number of hydrogen-bond donors (Lipinski definition) is 1. The molecule has 1 N–H and O–H groups in total. The number of ether oxygens (including phenoxy) is 2. The highest BCUT2D eigenvalue weighted by atomic mass is 16.5. The van der Waals surface area contributed by atoms with Gasteiger partial charge in [-0.3, -0.25) is 4.79 Å². The number of benzene rings is 2. The highest BCUT2D eigenvalue weighted by Crippen LogP contribution is 2.33. The highest BCUT2D eigenvalue weighted by Gasteiger charge is 2.27. The first-order valence-corrected chi connectivity index (χ1v) is 7.40. The van der Waals surface area contributed by atoms with E-state index in [0.717, 1.165) is 22.6 Å². The lowest BCUT2D eigenvalue weighted by Crippen LogP contribution is -2.32. The Hall–Kier alpha value is -2.49. The number of carbonyl (C=O) groups is 1. The quantitative estimate of drug-likeness (QED) is 0.944. The van der Waals surface area contributed by atoms with E-state index in [1.54, 1.807) is 7.11 Å². The minimum absolute atomic E-state index is 0.0477. The fourth-order valence-electron chi connectivity index (χ4n) is 2.67. The molecule has 0 aliphatic carbocycles. The van der Waals surface area contributed by atoms with Gasteiger partial charge in [0.25, 0.3) is 0 Å². The normalized spacial score (nSPS) is 16.3. The molecule has 1 unspecified atom stereocenters. The number of hydrogen-bond acceptors (Lipinski definition) is 3. The van der Waals surface area contributed by atoms with E-state index in [1.165, 1.54) is 0 Å². The van der Waals surface area contributed by atoms with Crippen LogP contribution in [-0.2, 0) is 11.3 Å². The van der Waals surface area contributed by atoms with E-state index in [4.69, 9.17) is 9.47 Å². The standard InChI is InChI=1S/C18H19NO3/c1-21-14-8-6-13(7-9-14)12-19-18(20)16-10-11-22-17-5-3-2-4-15(16)17/h2-9,16H,10-12H2,1H3,(H,19,20).